The third-order valence-corrected chi connectivity index (χ3v) is 2.81. The van der Waals surface area contributed by atoms with E-state index < -0.39 is 17.8 Å². The number of H-pyrrole nitrogens is 1. The summed E-state index contributed by atoms with van der Waals surface area (Å²) in [5.41, 5.74) is -0.349. The van der Waals surface area contributed by atoms with Gasteiger partial charge in [-0.25, -0.2) is 0 Å². The summed E-state index contributed by atoms with van der Waals surface area (Å²) in [6.45, 7) is 3.56. The molecular weight excluding hydrogens is 287 g/mol. The standard InChI is InChI=1S/C12H14F3N5O/c1-7-5-16-20(6-7)4-3-9(21)17-10-8(2)18-19-11(10)12(13,14)15/h5-6H,3-4H2,1-2H3,(H,17,21)(H,18,19). The average molecular weight is 301 g/mol. The van der Waals surface area contributed by atoms with Gasteiger partial charge in [-0.1, -0.05) is 0 Å². The van der Waals surface area contributed by atoms with E-state index in [4.69, 9.17) is 0 Å². The van der Waals surface area contributed by atoms with Gasteiger partial charge in [0, 0.05) is 19.2 Å². The number of alkyl halides is 3. The molecule has 0 spiro atoms. The summed E-state index contributed by atoms with van der Waals surface area (Å²) >= 11 is 0. The number of nitrogens with zero attached hydrogens (tertiary/aromatic N) is 3. The molecule has 1 amide bonds. The SMILES string of the molecule is Cc1cnn(CCC(=O)Nc2c(C(F)(F)F)n[nH]c2C)c1. The fourth-order valence-corrected chi connectivity index (χ4v) is 1.79. The van der Waals surface area contributed by atoms with Gasteiger partial charge in [-0.15, -0.1) is 0 Å². The Bertz CT molecular complexity index is 644. The number of anilines is 1. The van der Waals surface area contributed by atoms with Gasteiger partial charge in [0.05, 0.1) is 17.6 Å². The molecule has 2 N–H and O–H groups in total. The number of carbonyl (C=O) groups excluding carboxylic acids is 1. The number of aromatic nitrogens is 4. The van der Waals surface area contributed by atoms with Crippen molar-refractivity contribution in [1.82, 2.24) is 20.0 Å². The van der Waals surface area contributed by atoms with Crippen molar-refractivity contribution in [2.45, 2.75) is 33.0 Å². The first-order valence-corrected chi connectivity index (χ1v) is 6.18. The number of rotatable bonds is 4. The van der Waals surface area contributed by atoms with Crippen molar-refractivity contribution >= 4 is 11.6 Å². The Morgan fingerprint density at radius 2 is 2.14 bits per heavy atom. The first-order valence-electron chi connectivity index (χ1n) is 6.18. The highest BCUT2D eigenvalue weighted by Gasteiger charge is 2.38. The number of aromatic amines is 1. The van der Waals surface area contributed by atoms with Gasteiger partial charge in [-0.05, 0) is 19.4 Å². The van der Waals surface area contributed by atoms with E-state index in [2.05, 4.69) is 20.6 Å². The Morgan fingerprint density at radius 3 is 2.71 bits per heavy atom. The predicted molar refractivity (Wildman–Crippen MR) is 68.5 cm³/mol. The molecule has 6 nitrogen and oxygen atoms in total. The van der Waals surface area contributed by atoms with Crippen LogP contribution >= 0.6 is 0 Å². The zero-order valence-corrected chi connectivity index (χ0v) is 11.5. The molecule has 9 heteroatoms. The molecule has 0 aliphatic heterocycles. The lowest BCUT2D eigenvalue weighted by molar-refractivity contribution is -0.140. The minimum Gasteiger partial charge on any atom is -0.323 e. The largest absolute Gasteiger partial charge is 0.437 e. The van der Waals surface area contributed by atoms with E-state index in [-0.39, 0.29) is 24.3 Å². The van der Waals surface area contributed by atoms with Crippen LogP contribution in [0.1, 0.15) is 23.4 Å². The maximum absolute atomic E-state index is 12.7. The van der Waals surface area contributed by atoms with Gasteiger partial charge in [0.25, 0.3) is 0 Å². The minimum atomic E-state index is -4.62. The van der Waals surface area contributed by atoms with E-state index in [0.717, 1.165) is 5.56 Å². The molecular formula is C12H14F3N5O. The Morgan fingerprint density at radius 1 is 1.43 bits per heavy atom. The van der Waals surface area contributed by atoms with Crippen molar-refractivity contribution in [3.05, 3.63) is 29.3 Å². The van der Waals surface area contributed by atoms with Gasteiger partial charge < -0.3 is 5.32 Å². The van der Waals surface area contributed by atoms with E-state index in [1.807, 2.05) is 6.92 Å². The first-order chi connectivity index (χ1) is 9.77. The van der Waals surface area contributed by atoms with Crippen LogP contribution in [0.3, 0.4) is 0 Å². The van der Waals surface area contributed by atoms with Gasteiger partial charge in [0.15, 0.2) is 5.69 Å². The molecule has 0 saturated heterocycles. The summed E-state index contributed by atoms with van der Waals surface area (Å²) in [4.78, 5) is 11.8. The molecule has 0 unspecified atom stereocenters. The Hall–Kier alpha value is -2.32. The predicted octanol–water partition coefficient (Wildman–Crippen LogP) is 2.27. The normalized spacial score (nSPS) is 11.7. The second-order valence-electron chi connectivity index (χ2n) is 4.65. The smallest absolute Gasteiger partial charge is 0.323 e. The highest BCUT2D eigenvalue weighted by molar-refractivity contribution is 5.91. The molecule has 0 aliphatic rings. The second kappa shape index (κ2) is 5.58. The van der Waals surface area contributed by atoms with Gasteiger partial charge in [-0.2, -0.15) is 23.4 Å². The number of hydrogen-bond donors (Lipinski definition) is 2. The van der Waals surface area contributed by atoms with Crippen LogP contribution in [0.2, 0.25) is 0 Å². The van der Waals surface area contributed by atoms with E-state index >= 15 is 0 Å². The monoisotopic (exact) mass is 301 g/mol. The molecule has 114 valence electrons. The lowest BCUT2D eigenvalue weighted by Gasteiger charge is -2.09. The molecule has 0 atom stereocenters. The number of nitrogens with one attached hydrogen (secondary N) is 2. The summed E-state index contributed by atoms with van der Waals surface area (Å²) in [5.74, 6) is -0.529. The molecule has 21 heavy (non-hydrogen) atoms. The first kappa shape index (κ1) is 15.1. The number of aryl methyl sites for hydroxylation is 3. The van der Waals surface area contributed by atoms with E-state index in [9.17, 15) is 18.0 Å². The topological polar surface area (TPSA) is 75.6 Å². The second-order valence-corrected chi connectivity index (χ2v) is 4.65. The number of halogens is 3. The summed E-state index contributed by atoms with van der Waals surface area (Å²) in [7, 11) is 0. The zero-order valence-electron chi connectivity index (χ0n) is 11.5. The van der Waals surface area contributed by atoms with Crippen LogP contribution in [-0.2, 0) is 17.5 Å². The maximum Gasteiger partial charge on any atom is 0.437 e. The molecule has 2 aromatic heterocycles. The molecule has 0 saturated carbocycles. The molecule has 0 aliphatic carbocycles. The van der Waals surface area contributed by atoms with Gasteiger partial charge in [0.1, 0.15) is 0 Å². The van der Waals surface area contributed by atoms with Crippen LogP contribution in [0.25, 0.3) is 0 Å². The van der Waals surface area contributed by atoms with Crippen molar-refractivity contribution in [3.8, 4) is 0 Å². The third-order valence-electron chi connectivity index (χ3n) is 2.81. The fourth-order valence-electron chi connectivity index (χ4n) is 1.79. The van der Waals surface area contributed by atoms with Crippen LogP contribution in [0.15, 0.2) is 12.4 Å². The van der Waals surface area contributed by atoms with Crippen molar-refractivity contribution in [3.63, 3.8) is 0 Å². The van der Waals surface area contributed by atoms with E-state index in [1.54, 1.807) is 17.1 Å². The average Bonchev–Trinajstić information content (AvgIpc) is 2.94. The maximum atomic E-state index is 12.7. The van der Waals surface area contributed by atoms with Crippen LogP contribution in [0.5, 0.6) is 0 Å². The summed E-state index contributed by atoms with van der Waals surface area (Å²) in [6, 6.07) is 0. The summed E-state index contributed by atoms with van der Waals surface area (Å²) in [5, 5.41) is 11.6. The van der Waals surface area contributed by atoms with Crippen molar-refractivity contribution in [2.75, 3.05) is 5.32 Å². The summed E-state index contributed by atoms with van der Waals surface area (Å²) in [6.07, 6.45) is -1.22. The Kier molecular flexibility index (Phi) is 4.01. The van der Waals surface area contributed by atoms with Gasteiger partial charge >= 0.3 is 6.18 Å². The molecule has 0 fully saturated rings. The van der Waals surface area contributed by atoms with Gasteiger partial charge in [0.2, 0.25) is 5.91 Å². The van der Waals surface area contributed by atoms with E-state index in [0.29, 0.717) is 0 Å². The molecule has 0 aromatic carbocycles. The molecule has 2 heterocycles. The molecule has 2 rings (SSSR count). The number of amides is 1. The highest BCUT2D eigenvalue weighted by atomic mass is 19.4. The fraction of sp³-hybridized carbons (Fsp3) is 0.417. The third kappa shape index (κ3) is 3.61. The summed E-state index contributed by atoms with van der Waals surface area (Å²) < 4.78 is 39.7. The van der Waals surface area contributed by atoms with Crippen molar-refractivity contribution in [2.24, 2.45) is 0 Å². The number of hydrogen-bond acceptors (Lipinski definition) is 3. The minimum absolute atomic E-state index is 0.0169. The van der Waals surface area contributed by atoms with Crippen molar-refractivity contribution < 1.29 is 18.0 Å². The van der Waals surface area contributed by atoms with Gasteiger partial charge in [-0.3, -0.25) is 14.6 Å². The molecule has 2 aromatic rings. The lowest BCUT2D eigenvalue weighted by Crippen LogP contribution is -2.18. The van der Waals surface area contributed by atoms with Crippen LogP contribution in [0, 0.1) is 13.8 Å². The van der Waals surface area contributed by atoms with E-state index in [1.165, 1.54) is 6.92 Å². The van der Waals surface area contributed by atoms with Crippen LogP contribution in [0.4, 0.5) is 18.9 Å². The van der Waals surface area contributed by atoms with Crippen LogP contribution < -0.4 is 5.32 Å². The molecule has 0 radical (unpaired) electrons. The van der Waals surface area contributed by atoms with Crippen LogP contribution in [-0.4, -0.2) is 25.9 Å². The molecule has 0 bridgehead atoms. The lowest BCUT2D eigenvalue weighted by atomic mass is 10.2. The van der Waals surface area contributed by atoms with Crippen molar-refractivity contribution in [1.29, 1.82) is 0 Å². The Balaban J connectivity index is 2.01. The quantitative estimate of drug-likeness (QED) is 0.909. The number of carbonyl (C=O) groups is 1. The zero-order chi connectivity index (χ0) is 15.6. The Labute approximate surface area is 118 Å². The highest BCUT2D eigenvalue weighted by Crippen LogP contribution is 2.34.